The zero-order chi connectivity index (χ0) is 20.1. The third-order valence-corrected chi connectivity index (χ3v) is 4.84. The van der Waals surface area contributed by atoms with Gasteiger partial charge in [-0.3, -0.25) is 0 Å². The van der Waals surface area contributed by atoms with Crippen molar-refractivity contribution in [3.8, 4) is 17.2 Å². The lowest BCUT2D eigenvalue weighted by atomic mass is 10.1. The number of rotatable bonds is 7. The van der Waals surface area contributed by atoms with Crippen LogP contribution in [0, 0.1) is 0 Å². The molecule has 1 N–H and O–H groups in total. The summed E-state index contributed by atoms with van der Waals surface area (Å²) in [7, 11) is 4.62. The molecule has 0 saturated carbocycles. The second-order valence-corrected chi connectivity index (χ2v) is 6.66. The Morgan fingerprint density at radius 2 is 1.93 bits per heavy atom. The van der Waals surface area contributed by atoms with Crippen molar-refractivity contribution < 1.29 is 23.5 Å². The maximum Gasteiger partial charge on any atom is 0.322 e. The van der Waals surface area contributed by atoms with Gasteiger partial charge in [-0.1, -0.05) is 12.1 Å². The van der Waals surface area contributed by atoms with E-state index in [4.69, 9.17) is 18.7 Å². The van der Waals surface area contributed by atoms with Crippen LogP contribution in [0.15, 0.2) is 22.7 Å². The van der Waals surface area contributed by atoms with E-state index in [2.05, 4.69) is 17.4 Å². The molecule has 1 saturated heterocycles. The molecule has 8 nitrogen and oxygen atoms in total. The summed E-state index contributed by atoms with van der Waals surface area (Å²) in [4.78, 5) is 14.7. The van der Waals surface area contributed by atoms with E-state index in [-0.39, 0.29) is 12.1 Å². The Bertz CT molecular complexity index is 795. The summed E-state index contributed by atoms with van der Waals surface area (Å²) in [6, 6.07) is 5.09. The molecule has 1 aliphatic rings. The fourth-order valence-corrected chi connectivity index (χ4v) is 3.52. The number of hydrogen-bond donors (Lipinski definition) is 1. The Kier molecular flexibility index (Phi) is 6.28. The number of benzene rings is 1. The number of anilines is 1. The summed E-state index contributed by atoms with van der Waals surface area (Å²) in [6.45, 7) is 2.76. The van der Waals surface area contributed by atoms with Crippen LogP contribution in [0.3, 0.4) is 0 Å². The summed E-state index contributed by atoms with van der Waals surface area (Å²) in [5, 5.41) is 7.11. The first-order valence-corrected chi connectivity index (χ1v) is 9.44. The van der Waals surface area contributed by atoms with Gasteiger partial charge < -0.3 is 29.0 Å². The number of ether oxygens (including phenoxy) is 3. The van der Waals surface area contributed by atoms with Crippen LogP contribution in [-0.2, 0) is 6.42 Å². The predicted octanol–water partition coefficient (Wildman–Crippen LogP) is 4.02. The van der Waals surface area contributed by atoms with Crippen molar-refractivity contribution >= 4 is 11.7 Å². The molecule has 152 valence electrons. The highest BCUT2D eigenvalue weighted by Crippen LogP contribution is 2.40. The Morgan fingerprint density at radius 3 is 2.54 bits per heavy atom. The van der Waals surface area contributed by atoms with Crippen LogP contribution in [0.25, 0.3) is 0 Å². The lowest BCUT2D eigenvalue weighted by molar-refractivity contribution is 0.204. The maximum absolute atomic E-state index is 12.9. The molecule has 0 bridgehead atoms. The summed E-state index contributed by atoms with van der Waals surface area (Å²) in [5.74, 6) is 2.30. The van der Waals surface area contributed by atoms with Crippen molar-refractivity contribution in [1.29, 1.82) is 0 Å². The molecule has 3 rings (SSSR count). The minimum atomic E-state index is -0.197. The standard InChI is InChI=1S/C20H27N3O5/c1-5-7-14-12-15(22-28-14)16-8-6-9-23(16)20(24)21-13-10-17(25-2)19(27-4)18(11-13)26-3/h10-12,16H,5-9H2,1-4H3,(H,21,24)/t16-/m0/s1. The number of hydrogen-bond acceptors (Lipinski definition) is 6. The van der Waals surface area contributed by atoms with Crippen molar-refractivity contribution in [2.24, 2.45) is 0 Å². The van der Waals surface area contributed by atoms with E-state index in [1.807, 2.05) is 6.07 Å². The lowest BCUT2D eigenvalue weighted by Crippen LogP contribution is -2.34. The molecule has 1 aliphatic heterocycles. The molecule has 2 aromatic rings. The normalized spacial score (nSPS) is 16.1. The smallest absolute Gasteiger partial charge is 0.322 e. The first-order chi connectivity index (χ1) is 13.6. The Labute approximate surface area is 164 Å². The van der Waals surface area contributed by atoms with Gasteiger partial charge in [0.25, 0.3) is 0 Å². The van der Waals surface area contributed by atoms with Crippen molar-refractivity contribution in [2.45, 2.75) is 38.6 Å². The van der Waals surface area contributed by atoms with E-state index in [0.717, 1.165) is 37.1 Å². The number of aromatic nitrogens is 1. The fourth-order valence-electron chi connectivity index (χ4n) is 3.52. The van der Waals surface area contributed by atoms with E-state index in [9.17, 15) is 4.79 Å². The number of nitrogens with one attached hydrogen (secondary N) is 1. The first kappa shape index (κ1) is 19.9. The highest BCUT2D eigenvalue weighted by molar-refractivity contribution is 5.90. The quantitative estimate of drug-likeness (QED) is 0.770. The molecule has 1 aromatic carbocycles. The second-order valence-electron chi connectivity index (χ2n) is 6.66. The van der Waals surface area contributed by atoms with Gasteiger partial charge in [0.1, 0.15) is 11.5 Å². The van der Waals surface area contributed by atoms with Gasteiger partial charge in [-0.2, -0.15) is 0 Å². The molecule has 0 unspecified atom stereocenters. The average molecular weight is 389 g/mol. The van der Waals surface area contributed by atoms with E-state index < -0.39 is 0 Å². The van der Waals surface area contributed by atoms with Crippen LogP contribution in [0.2, 0.25) is 0 Å². The fraction of sp³-hybridized carbons (Fsp3) is 0.500. The van der Waals surface area contributed by atoms with Crippen molar-refractivity contribution in [2.75, 3.05) is 33.2 Å². The maximum atomic E-state index is 12.9. The molecular formula is C20H27N3O5. The number of nitrogens with zero attached hydrogens (tertiary/aromatic N) is 2. The van der Waals surface area contributed by atoms with Crippen molar-refractivity contribution in [3.05, 3.63) is 29.7 Å². The molecule has 0 aliphatic carbocycles. The molecule has 28 heavy (non-hydrogen) atoms. The number of methoxy groups -OCH3 is 3. The zero-order valence-corrected chi connectivity index (χ0v) is 16.8. The Hall–Kier alpha value is -2.90. The van der Waals surface area contributed by atoms with Crippen LogP contribution >= 0.6 is 0 Å². The van der Waals surface area contributed by atoms with Crippen LogP contribution in [0.1, 0.15) is 43.7 Å². The largest absolute Gasteiger partial charge is 0.493 e. The van der Waals surface area contributed by atoms with Gasteiger partial charge in [-0.05, 0) is 19.3 Å². The summed E-state index contributed by atoms with van der Waals surface area (Å²) in [5.41, 5.74) is 1.37. The van der Waals surface area contributed by atoms with Gasteiger partial charge in [0, 0.05) is 31.2 Å². The highest BCUT2D eigenvalue weighted by atomic mass is 16.5. The zero-order valence-electron chi connectivity index (χ0n) is 16.8. The number of carbonyl (C=O) groups excluding carboxylic acids is 1. The van der Waals surface area contributed by atoms with E-state index in [1.54, 1.807) is 17.0 Å². The number of urea groups is 1. The van der Waals surface area contributed by atoms with Crippen molar-refractivity contribution in [3.63, 3.8) is 0 Å². The molecule has 8 heteroatoms. The highest BCUT2D eigenvalue weighted by Gasteiger charge is 2.32. The number of likely N-dealkylation sites (tertiary alicyclic amines) is 1. The molecule has 1 atom stereocenters. The van der Waals surface area contributed by atoms with Gasteiger partial charge in [0.15, 0.2) is 11.5 Å². The SMILES string of the molecule is CCCc1cc([C@@H]2CCCN2C(=O)Nc2cc(OC)c(OC)c(OC)c2)no1. The van der Waals surface area contributed by atoms with Crippen LogP contribution in [0.5, 0.6) is 17.2 Å². The number of amides is 2. The first-order valence-electron chi connectivity index (χ1n) is 9.44. The number of aryl methyl sites for hydroxylation is 1. The van der Waals surface area contributed by atoms with E-state index in [1.165, 1.54) is 21.3 Å². The second kappa shape index (κ2) is 8.86. The monoisotopic (exact) mass is 389 g/mol. The number of carbonyl (C=O) groups is 1. The molecule has 2 amide bonds. The predicted molar refractivity (Wildman–Crippen MR) is 104 cm³/mol. The van der Waals surface area contributed by atoms with Crippen LogP contribution in [0.4, 0.5) is 10.5 Å². The van der Waals surface area contributed by atoms with Gasteiger partial charge >= 0.3 is 6.03 Å². The molecule has 0 radical (unpaired) electrons. The van der Waals surface area contributed by atoms with E-state index >= 15 is 0 Å². The third-order valence-electron chi connectivity index (χ3n) is 4.84. The van der Waals surface area contributed by atoms with Crippen LogP contribution in [-0.4, -0.2) is 44.0 Å². The molecule has 1 fully saturated rings. The Balaban J connectivity index is 1.78. The summed E-state index contributed by atoms with van der Waals surface area (Å²) < 4.78 is 21.4. The lowest BCUT2D eigenvalue weighted by Gasteiger charge is -2.24. The summed E-state index contributed by atoms with van der Waals surface area (Å²) in [6.07, 6.45) is 3.62. The average Bonchev–Trinajstić information content (AvgIpc) is 3.36. The molecular weight excluding hydrogens is 362 g/mol. The minimum absolute atomic E-state index is 0.0867. The minimum Gasteiger partial charge on any atom is -0.493 e. The van der Waals surface area contributed by atoms with Gasteiger partial charge in [-0.15, -0.1) is 0 Å². The van der Waals surface area contributed by atoms with Gasteiger partial charge in [0.2, 0.25) is 5.75 Å². The molecule has 1 aromatic heterocycles. The Morgan fingerprint density at radius 1 is 1.21 bits per heavy atom. The molecule has 0 spiro atoms. The summed E-state index contributed by atoms with van der Waals surface area (Å²) >= 11 is 0. The molecule has 2 heterocycles. The van der Waals surface area contributed by atoms with Gasteiger partial charge in [0.05, 0.1) is 33.1 Å². The van der Waals surface area contributed by atoms with Gasteiger partial charge in [-0.25, -0.2) is 4.79 Å². The topological polar surface area (TPSA) is 86.1 Å². The van der Waals surface area contributed by atoms with Crippen LogP contribution < -0.4 is 19.5 Å². The third kappa shape index (κ3) is 4.00. The van der Waals surface area contributed by atoms with E-state index in [0.29, 0.717) is 29.5 Å². The van der Waals surface area contributed by atoms with Crippen molar-refractivity contribution in [1.82, 2.24) is 10.1 Å².